The molecule has 0 aliphatic carbocycles. The Hall–Kier alpha value is -1.47. The molecule has 9 nitrogen and oxygen atoms in total. The van der Waals surface area contributed by atoms with Crippen LogP contribution in [-0.4, -0.2) is 159 Å². The van der Waals surface area contributed by atoms with E-state index in [4.69, 9.17) is 0 Å². The molecule has 1 unspecified atom stereocenters. The molecule has 0 aromatic heterocycles. The molecule has 426 valence electrons. The molecular weight excluding hydrogens is 1170 g/mol. The Balaban J connectivity index is 0.0000504. The van der Waals surface area contributed by atoms with Gasteiger partial charge in [-0.2, -0.15) is 149 Å². The van der Waals surface area contributed by atoms with Crippen LogP contribution >= 0.6 is 7.82 Å². The standard InChI is InChI=1S/C27H21F34O9P.Na/c28-12(29,14(32,33)16(36,37)18(40,41)20(44,45)22(48,49)24(52,53)26(56,57)58)3-1-6(70-71(66,67)68-5-7-8(62)9(63)10(64)11(65)69-7)2-4-13(30,31)15(34,35)17(38,39)19(42,43)21(46,47)23(50,51)25(54,55)27(59,60)61;/h6-11,62-65H,1-5H2,(H,66,67);/q;+1/p-1/t7-,8+,9+,10-,11-;/m1./s1. The Kier molecular flexibility index (Phi) is 20.0. The first-order valence-electron chi connectivity index (χ1n) is 16.9. The van der Waals surface area contributed by atoms with Gasteiger partial charge in [0.25, 0.3) is 7.82 Å². The van der Waals surface area contributed by atoms with Crippen molar-refractivity contribution in [3.05, 3.63) is 0 Å². The fraction of sp³-hybridized carbons (Fsp3) is 1.00. The first-order valence-corrected chi connectivity index (χ1v) is 18.4. The third-order valence-electron chi connectivity index (χ3n) is 9.50. The summed E-state index contributed by atoms with van der Waals surface area (Å²) >= 11 is 0. The molecule has 0 aromatic carbocycles. The van der Waals surface area contributed by atoms with Crippen LogP contribution in [0.2, 0.25) is 0 Å². The fourth-order valence-electron chi connectivity index (χ4n) is 5.09. The van der Waals surface area contributed by atoms with E-state index in [9.17, 15) is 179 Å². The van der Waals surface area contributed by atoms with Crippen LogP contribution in [0.5, 0.6) is 0 Å². The van der Waals surface area contributed by atoms with Crippen LogP contribution < -0.4 is 34.5 Å². The fourth-order valence-corrected chi connectivity index (χ4v) is 6.05. The number of ether oxygens (including phenoxy) is 1. The van der Waals surface area contributed by atoms with Gasteiger partial charge in [0.15, 0.2) is 6.29 Å². The van der Waals surface area contributed by atoms with Crippen molar-refractivity contribution in [2.45, 2.75) is 158 Å². The van der Waals surface area contributed by atoms with E-state index in [0.717, 1.165) is 0 Å². The van der Waals surface area contributed by atoms with Crippen LogP contribution in [0, 0.1) is 0 Å². The number of hydrogen-bond donors (Lipinski definition) is 4. The number of phosphoric acid groups is 1. The third kappa shape index (κ3) is 11.1. The summed E-state index contributed by atoms with van der Waals surface area (Å²) in [6.07, 6.45) is -48.6. The van der Waals surface area contributed by atoms with Crippen LogP contribution in [0.15, 0.2) is 0 Å². The van der Waals surface area contributed by atoms with Gasteiger partial charge in [-0.05, 0) is 12.8 Å². The second-order valence-electron chi connectivity index (χ2n) is 14.4. The quantitative estimate of drug-likeness (QED) is 0.0531. The van der Waals surface area contributed by atoms with E-state index in [0.29, 0.717) is 0 Å². The van der Waals surface area contributed by atoms with Crippen molar-refractivity contribution in [1.29, 1.82) is 0 Å². The van der Waals surface area contributed by atoms with Gasteiger partial charge < -0.3 is 39.1 Å². The van der Waals surface area contributed by atoms with Crippen molar-refractivity contribution < 1.29 is 223 Å². The minimum Gasteiger partial charge on any atom is -0.756 e. The normalized spacial score (nSPS) is 23.0. The van der Waals surface area contributed by atoms with Crippen LogP contribution in [0.25, 0.3) is 0 Å². The van der Waals surface area contributed by atoms with E-state index >= 15 is 0 Å². The molecule has 1 saturated heterocycles. The summed E-state index contributed by atoms with van der Waals surface area (Å²) in [7, 11) is -7.16. The molecule has 6 atom stereocenters. The maximum Gasteiger partial charge on any atom is 1.00 e. The molecule has 0 radical (unpaired) electrons. The first-order chi connectivity index (χ1) is 30.5. The van der Waals surface area contributed by atoms with Gasteiger partial charge in [-0.15, -0.1) is 0 Å². The maximum absolute atomic E-state index is 14.6. The number of aliphatic hydroxyl groups is 4. The molecule has 45 heteroatoms. The summed E-state index contributed by atoms with van der Waals surface area (Å²) in [5, 5.41) is 38.0. The van der Waals surface area contributed by atoms with Crippen molar-refractivity contribution in [3.63, 3.8) is 0 Å². The molecule has 0 spiro atoms. The molecule has 0 amide bonds. The van der Waals surface area contributed by atoms with Gasteiger partial charge in [0.2, 0.25) is 0 Å². The third-order valence-corrected chi connectivity index (χ3v) is 10.5. The van der Waals surface area contributed by atoms with Gasteiger partial charge in [0.1, 0.15) is 24.4 Å². The number of halogens is 34. The number of rotatable bonds is 23. The molecule has 1 aliphatic heterocycles. The Labute approximate surface area is 394 Å². The molecule has 1 rings (SSSR count). The van der Waals surface area contributed by atoms with Gasteiger partial charge in [0, 0.05) is 12.8 Å². The second-order valence-corrected chi connectivity index (χ2v) is 15.7. The van der Waals surface area contributed by atoms with Crippen LogP contribution in [0.3, 0.4) is 0 Å². The summed E-state index contributed by atoms with van der Waals surface area (Å²) in [5.74, 6) is -124. The number of phosphoric ester groups is 1. The average Bonchev–Trinajstić information content (AvgIpc) is 3.17. The SMILES string of the molecule is O=P([O-])(OC[C@H]1O[C@@H](O)[C@H](O)[C@@H](O)[C@H]1O)OC(CCC(F)(F)C(F)(F)C(F)(F)C(F)(F)C(F)(F)C(F)(F)C(F)(F)C(F)(F)F)CCC(F)(F)C(F)(F)C(F)(F)C(F)(F)C(F)(F)C(F)(F)C(F)(F)C(F)(F)F.[Na+]. The average molecular weight is 1190 g/mol. The zero-order valence-electron chi connectivity index (χ0n) is 33.1. The van der Waals surface area contributed by atoms with E-state index in [1.54, 1.807) is 0 Å². The summed E-state index contributed by atoms with van der Waals surface area (Å²) in [6.45, 7) is -2.13. The van der Waals surface area contributed by atoms with Gasteiger partial charge in [-0.25, -0.2) is 0 Å². The van der Waals surface area contributed by atoms with Crippen molar-refractivity contribution in [2.24, 2.45) is 0 Å². The summed E-state index contributed by atoms with van der Waals surface area (Å²) in [6, 6.07) is 0. The molecular formula is C27H20F34NaO9P. The summed E-state index contributed by atoms with van der Waals surface area (Å²) < 4.78 is 488. The topological polar surface area (TPSA) is 149 Å². The first kappa shape index (κ1) is 70.5. The Morgan fingerprint density at radius 2 is 0.667 bits per heavy atom. The maximum atomic E-state index is 14.6. The molecule has 1 heterocycles. The van der Waals surface area contributed by atoms with Gasteiger partial charge in [-0.1, -0.05) is 0 Å². The van der Waals surface area contributed by atoms with Crippen LogP contribution in [-0.2, 0) is 18.3 Å². The molecule has 1 fully saturated rings. The predicted octanol–water partition coefficient (Wildman–Crippen LogP) is 6.24. The zero-order chi connectivity index (χ0) is 57.6. The molecule has 0 aromatic rings. The van der Waals surface area contributed by atoms with E-state index in [1.165, 1.54) is 0 Å². The smallest absolute Gasteiger partial charge is 0.756 e. The van der Waals surface area contributed by atoms with Gasteiger partial charge in [-0.3, -0.25) is 4.57 Å². The Bertz CT molecular complexity index is 1790. The predicted molar refractivity (Wildman–Crippen MR) is 147 cm³/mol. The summed E-state index contributed by atoms with van der Waals surface area (Å²) in [4.78, 5) is 12.3. The van der Waals surface area contributed by atoms with Gasteiger partial charge >= 0.3 is 125 Å². The van der Waals surface area contributed by atoms with Crippen molar-refractivity contribution in [1.82, 2.24) is 0 Å². The molecule has 1 aliphatic rings. The van der Waals surface area contributed by atoms with Crippen molar-refractivity contribution in [2.75, 3.05) is 6.61 Å². The molecule has 0 bridgehead atoms. The van der Waals surface area contributed by atoms with E-state index < -0.39 is 172 Å². The largest absolute Gasteiger partial charge is 1.00 e. The van der Waals surface area contributed by atoms with Gasteiger partial charge in [0.05, 0.1) is 12.7 Å². The minimum absolute atomic E-state index is 0. The van der Waals surface area contributed by atoms with E-state index in [-0.39, 0.29) is 29.6 Å². The number of aliphatic hydroxyl groups excluding tert-OH is 4. The van der Waals surface area contributed by atoms with Crippen LogP contribution in [0.4, 0.5) is 149 Å². The second kappa shape index (κ2) is 20.4. The molecule has 4 N–H and O–H groups in total. The van der Waals surface area contributed by atoms with Crippen molar-refractivity contribution >= 4 is 7.82 Å². The number of hydrogen-bond acceptors (Lipinski definition) is 9. The van der Waals surface area contributed by atoms with E-state index in [2.05, 4.69) is 13.8 Å². The van der Waals surface area contributed by atoms with E-state index in [1.807, 2.05) is 0 Å². The van der Waals surface area contributed by atoms with Crippen molar-refractivity contribution in [3.8, 4) is 0 Å². The molecule has 0 saturated carbocycles. The molecule has 72 heavy (non-hydrogen) atoms. The monoisotopic (exact) mass is 1190 g/mol. The number of alkyl halides is 34. The zero-order valence-corrected chi connectivity index (χ0v) is 36.0. The Morgan fingerprint density at radius 1 is 0.417 bits per heavy atom. The Morgan fingerprint density at radius 3 is 0.931 bits per heavy atom. The van der Waals surface area contributed by atoms with Crippen LogP contribution in [0.1, 0.15) is 25.7 Å². The summed E-state index contributed by atoms with van der Waals surface area (Å²) in [5.41, 5.74) is 0. The minimum atomic E-state index is -9.33.